The molecule has 1 fully saturated rings. The minimum atomic E-state index is -3.51. The summed E-state index contributed by atoms with van der Waals surface area (Å²) in [6, 6.07) is 18.7. The van der Waals surface area contributed by atoms with Crippen molar-refractivity contribution >= 4 is 26.9 Å². The quantitative estimate of drug-likeness (QED) is 0.349. The largest absolute Gasteiger partial charge is 0.367 e. The summed E-state index contributed by atoms with van der Waals surface area (Å²) in [6.07, 6.45) is 5.98. The van der Waals surface area contributed by atoms with E-state index in [0.717, 1.165) is 60.5 Å². The fourth-order valence-electron chi connectivity index (χ4n) is 4.63. The van der Waals surface area contributed by atoms with Crippen LogP contribution >= 0.6 is 0 Å². The summed E-state index contributed by atoms with van der Waals surface area (Å²) in [6.45, 7) is 4.27. The van der Waals surface area contributed by atoms with Crippen LogP contribution in [-0.4, -0.2) is 40.2 Å². The van der Waals surface area contributed by atoms with E-state index >= 15 is 0 Å². The van der Waals surface area contributed by atoms with E-state index in [9.17, 15) is 8.42 Å². The number of fused-ring (bicyclic) bond motifs is 1. The number of rotatable bonds is 8. The first kappa shape index (κ1) is 24.4. The average Bonchev–Trinajstić information content (AvgIpc) is 3.34. The molecule has 9 heteroatoms. The first-order valence-electron chi connectivity index (χ1n) is 12.6. The molecule has 1 aliphatic carbocycles. The summed E-state index contributed by atoms with van der Waals surface area (Å²) in [5, 5.41) is 9.15. The van der Waals surface area contributed by atoms with E-state index in [-0.39, 0.29) is 18.0 Å². The second-order valence-electron chi connectivity index (χ2n) is 9.50. The van der Waals surface area contributed by atoms with E-state index in [2.05, 4.69) is 29.0 Å². The summed E-state index contributed by atoms with van der Waals surface area (Å²) in [7, 11) is -3.51. The highest BCUT2D eigenvalue weighted by Crippen LogP contribution is 2.29. The van der Waals surface area contributed by atoms with E-state index in [4.69, 9.17) is 9.97 Å². The third-order valence-electron chi connectivity index (χ3n) is 6.94. The van der Waals surface area contributed by atoms with E-state index in [1.54, 1.807) is 24.3 Å². The summed E-state index contributed by atoms with van der Waals surface area (Å²) in [5.74, 6) is 1.82. The van der Waals surface area contributed by atoms with Crippen molar-refractivity contribution in [1.29, 1.82) is 0 Å². The minimum Gasteiger partial charge on any atom is -0.367 e. The third-order valence-corrected chi connectivity index (χ3v) is 8.48. The van der Waals surface area contributed by atoms with Gasteiger partial charge in [-0.25, -0.2) is 27.8 Å². The monoisotopic (exact) mass is 504 g/mol. The lowest BCUT2D eigenvalue weighted by Gasteiger charge is -2.30. The van der Waals surface area contributed by atoms with Crippen LogP contribution in [0.5, 0.6) is 0 Å². The predicted octanol–water partition coefficient (Wildman–Crippen LogP) is 5.03. The Labute approximate surface area is 212 Å². The first-order valence-corrected chi connectivity index (χ1v) is 14.1. The van der Waals surface area contributed by atoms with Gasteiger partial charge in [0.2, 0.25) is 10.0 Å². The van der Waals surface area contributed by atoms with Crippen molar-refractivity contribution in [3.8, 4) is 5.69 Å². The number of hydrogen-bond donors (Lipinski definition) is 2. The molecule has 36 heavy (non-hydrogen) atoms. The Morgan fingerprint density at radius 1 is 0.944 bits per heavy atom. The Hall–Kier alpha value is -3.30. The van der Waals surface area contributed by atoms with Gasteiger partial charge in [-0.2, -0.15) is 5.10 Å². The molecular weight excluding hydrogens is 472 g/mol. The van der Waals surface area contributed by atoms with Gasteiger partial charge in [-0.15, -0.1) is 0 Å². The van der Waals surface area contributed by atoms with Crippen molar-refractivity contribution in [2.45, 2.75) is 68.8 Å². The number of para-hydroxylation sites is 1. The zero-order valence-corrected chi connectivity index (χ0v) is 21.4. The number of anilines is 1. The maximum Gasteiger partial charge on any atom is 0.240 e. The van der Waals surface area contributed by atoms with E-state index in [1.165, 1.54) is 0 Å². The number of benzene rings is 2. The molecule has 1 aliphatic rings. The van der Waals surface area contributed by atoms with Crippen LogP contribution in [0, 0.1) is 0 Å². The second-order valence-corrected chi connectivity index (χ2v) is 11.2. The number of sulfonamides is 1. The van der Waals surface area contributed by atoms with Crippen LogP contribution in [0.3, 0.4) is 0 Å². The van der Waals surface area contributed by atoms with Crippen LogP contribution in [0.4, 0.5) is 5.82 Å². The molecule has 0 bridgehead atoms. The molecule has 0 aliphatic heterocycles. The topological polar surface area (TPSA) is 102 Å². The van der Waals surface area contributed by atoms with Crippen LogP contribution in [-0.2, 0) is 10.0 Å². The highest BCUT2D eigenvalue weighted by molar-refractivity contribution is 7.89. The molecule has 4 aromatic rings. The number of nitrogens with one attached hydrogen (secondary N) is 2. The Balaban J connectivity index is 1.34. The van der Waals surface area contributed by atoms with Gasteiger partial charge in [0.05, 0.1) is 22.2 Å². The maximum atomic E-state index is 12.7. The van der Waals surface area contributed by atoms with Crippen molar-refractivity contribution in [3.63, 3.8) is 0 Å². The van der Waals surface area contributed by atoms with Crippen molar-refractivity contribution < 1.29 is 8.42 Å². The Bertz CT molecular complexity index is 1410. The van der Waals surface area contributed by atoms with Gasteiger partial charge in [0.15, 0.2) is 5.65 Å². The molecule has 2 aromatic heterocycles. The zero-order chi connectivity index (χ0) is 25.1. The SMILES string of the molecule is CCC(C)c1nc(NC2CCC(NS(=O)(=O)c3ccccc3)CC2)c2cnn(-c3ccccc3)c2n1. The van der Waals surface area contributed by atoms with Crippen LogP contribution in [0.2, 0.25) is 0 Å². The highest BCUT2D eigenvalue weighted by atomic mass is 32.2. The smallest absolute Gasteiger partial charge is 0.240 e. The normalized spacial score (nSPS) is 19.3. The number of aromatic nitrogens is 4. The molecule has 0 saturated heterocycles. The lowest BCUT2D eigenvalue weighted by Crippen LogP contribution is -2.40. The van der Waals surface area contributed by atoms with Crippen molar-refractivity contribution in [1.82, 2.24) is 24.5 Å². The van der Waals surface area contributed by atoms with Crippen LogP contribution in [0.1, 0.15) is 57.7 Å². The van der Waals surface area contributed by atoms with E-state index in [0.29, 0.717) is 4.90 Å². The maximum absolute atomic E-state index is 12.7. The first-order chi connectivity index (χ1) is 17.4. The van der Waals surface area contributed by atoms with Gasteiger partial charge >= 0.3 is 0 Å². The number of nitrogens with zero attached hydrogens (tertiary/aromatic N) is 4. The Morgan fingerprint density at radius 3 is 2.25 bits per heavy atom. The summed E-state index contributed by atoms with van der Waals surface area (Å²) < 4.78 is 30.2. The molecule has 0 spiro atoms. The van der Waals surface area contributed by atoms with Gasteiger partial charge in [-0.05, 0) is 56.4 Å². The highest BCUT2D eigenvalue weighted by Gasteiger charge is 2.27. The minimum absolute atomic E-state index is 0.0739. The van der Waals surface area contributed by atoms with Crippen molar-refractivity contribution in [2.24, 2.45) is 0 Å². The molecule has 188 valence electrons. The Morgan fingerprint density at radius 2 is 1.58 bits per heavy atom. The molecule has 0 amide bonds. The molecule has 8 nitrogen and oxygen atoms in total. The lowest BCUT2D eigenvalue weighted by atomic mass is 9.92. The molecule has 2 N–H and O–H groups in total. The molecular formula is C27H32N6O2S. The lowest BCUT2D eigenvalue weighted by molar-refractivity contribution is 0.387. The van der Waals surface area contributed by atoms with Crippen LogP contribution in [0.25, 0.3) is 16.7 Å². The van der Waals surface area contributed by atoms with Gasteiger partial charge in [0, 0.05) is 18.0 Å². The standard InChI is InChI=1S/C27H32N6O2S/c1-3-19(2)25-30-26(24-18-28-33(27(24)31-25)22-10-6-4-7-11-22)29-20-14-16-21(17-15-20)32-36(34,35)23-12-8-5-9-13-23/h4-13,18-21,32H,3,14-17H2,1-2H3,(H,29,30,31). The Kier molecular flexibility index (Phi) is 7.02. The molecule has 2 heterocycles. The molecule has 1 saturated carbocycles. The predicted molar refractivity (Wildman–Crippen MR) is 142 cm³/mol. The van der Waals surface area contributed by atoms with Crippen LogP contribution < -0.4 is 10.0 Å². The van der Waals surface area contributed by atoms with Crippen molar-refractivity contribution in [2.75, 3.05) is 5.32 Å². The van der Waals surface area contributed by atoms with Crippen molar-refractivity contribution in [3.05, 3.63) is 72.7 Å². The second kappa shape index (κ2) is 10.4. The fourth-order valence-corrected chi connectivity index (χ4v) is 5.96. The van der Waals surface area contributed by atoms with Gasteiger partial charge in [0.25, 0.3) is 0 Å². The molecule has 0 radical (unpaired) electrons. The summed E-state index contributed by atoms with van der Waals surface area (Å²) in [5.41, 5.74) is 1.75. The van der Waals surface area contributed by atoms with Gasteiger partial charge < -0.3 is 5.32 Å². The molecule has 1 atom stereocenters. The van der Waals surface area contributed by atoms with Gasteiger partial charge in [-0.3, -0.25) is 0 Å². The van der Waals surface area contributed by atoms with E-state index in [1.807, 2.05) is 47.3 Å². The molecule has 1 unspecified atom stereocenters. The average molecular weight is 505 g/mol. The van der Waals surface area contributed by atoms with Gasteiger partial charge in [0.1, 0.15) is 11.6 Å². The summed E-state index contributed by atoms with van der Waals surface area (Å²) in [4.78, 5) is 10.1. The fraction of sp³-hybridized carbons (Fsp3) is 0.370. The van der Waals surface area contributed by atoms with Crippen LogP contribution in [0.15, 0.2) is 71.8 Å². The third kappa shape index (κ3) is 5.12. The van der Waals surface area contributed by atoms with E-state index < -0.39 is 10.0 Å². The zero-order valence-electron chi connectivity index (χ0n) is 20.6. The number of hydrogen-bond acceptors (Lipinski definition) is 6. The molecule has 2 aromatic carbocycles. The van der Waals surface area contributed by atoms with Gasteiger partial charge in [-0.1, -0.05) is 50.2 Å². The summed E-state index contributed by atoms with van der Waals surface area (Å²) >= 11 is 0. The molecule has 5 rings (SSSR count).